The zero-order valence-electron chi connectivity index (χ0n) is 14.2. The molecular weight excluding hydrogens is 370 g/mol. The van der Waals surface area contributed by atoms with Crippen LogP contribution in [0.25, 0.3) is 11.0 Å². The Labute approximate surface area is 149 Å². The summed E-state index contributed by atoms with van der Waals surface area (Å²) >= 11 is 3.49. The van der Waals surface area contributed by atoms with Gasteiger partial charge in [0.15, 0.2) is 0 Å². The molecule has 1 aromatic heterocycles. The van der Waals surface area contributed by atoms with Gasteiger partial charge < -0.3 is 9.72 Å². The molecule has 1 amide bonds. The summed E-state index contributed by atoms with van der Waals surface area (Å²) in [5, 5.41) is 0. The predicted molar refractivity (Wildman–Crippen MR) is 95.7 cm³/mol. The predicted octanol–water partition coefficient (Wildman–Crippen LogP) is 4.79. The number of ether oxygens (including phenoxy) is 1. The number of nitrogens with zero attached hydrogens (tertiary/aromatic N) is 2. The van der Waals surface area contributed by atoms with Gasteiger partial charge in [-0.1, -0.05) is 15.9 Å². The number of aromatic nitrogens is 2. The summed E-state index contributed by atoms with van der Waals surface area (Å²) in [4.78, 5) is 22.9. The molecule has 0 spiro atoms. The van der Waals surface area contributed by atoms with Crippen molar-refractivity contribution in [2.45, 2.75) is 57.7 Å². The van der Waals surface area contributed by atoms with Crippen LogP contribution in [0.1, 0.15) is 51.9 Å². The fourth-order valence-corrected chi connectivity index (χ4v) is 4.42. The van der Waals surface area contributed by atoms with Gasteiger partial charge in [0.05, 0.1) is 17.1 Å². The van der Waals surface area contributed by atoms with Crippen molar-refractivity contribution in [2.75, 3.05) is 0 Å². The molecule has 1 aliphatic carbocycles. The Bertz CT molecular complexity index is 795. The molecule has 2 heterocycles. The first-order valence-corrected chi connectivity index (χ1v) is 9.27. The molecule has 2 aromatic rings. The van der Waals surface area contributed by atoms with Crippen molar-refractivity contribution in [1.29, 1.82) is 0 Å². The van der Waals surface area contributed by atoms with E-state index in [1.807, 2.05) is 43.9 Å². The molecule has 2 fully saturated rings. The van der Waals surface area contributed by atoms with Crippen LogP contribution < -0.4 is 0 Å². The highest BCUT2D eigenvalue weighted by Crippen LogP contribution is 2.50. The Kier molecular flexibility index (Phi) is 3.64. The molecule has 1 aliphatic heterocycles. The number of piperidine rings is 1. The third-order valence-corrected chi connectivity index (χ3v) is 5.43. The lowest BCUT2D eigenvalue weighted by Crippen LogP contribution is -2.43. The fourth-order valence-electron chi connectivity index (χ4n) is 4.06. The normalized spacial score (nSPS) is 26.3. The number of hydrogen-bond acceptors (Lipinski definition) is 3. The Balaban J connectivity index is 1.69. The van der Waals surface area contributed by atoms with E-state index in [-0.39, 0.29) is 18.2 Å². The molecule has 1 saturated carbocycles. The summed E-state index contributed by atoms with van der Waals surface area (Å²) in [6, 6.07) is 6.26. The number of aromatic amines is 1. The van der Waals surface area contributed by atoms with E-state index >= 15 is 0 Å². The Morgan fingerprint density at radius 2 is 2.17 bits per heavy atom. The standard InChI is InChI=1S/C18H22BrN3O2/c1-18(2,3)24-17(23)22-12-6-4-10(8-12)15(22)16-20-13-7-5-11(19)9-14(13)21-16/h5,7,9-10,12,15H,4,6,8H2,1-3H3,(H,20,21)/t10-,12+,15+/m1/s1. The van der Waals surface area contributed by atoms with Crippen molar-refractivity contribution in [3.63, 3.8) is 0 Å². The number of rotatable bonds is 1. The number of amides is 1. The van der Waals surface area contributed by atoms with Crippen molar-refractivity contribution >= 4 is 33.1 Å². The number of hydrogen-bond donors (Lipinski definition) is 1. The van der Waals surface area contributed by atoms with Gasteiger partial charge in [-0.3, -0.25) is 4.90 Å². The van der Waals surface area contributed by atoms with Gasteiger partial charge in [0.1, 0.15) is 11.4 Å². The van der Waals surface area contributed by atoms with Gasteiger partial charge in [-0.2, -0.15) is 0 Å². The first-order chi connectivity index (χ1) is 11.3. The largest absolute Gasteiger partial charge is 0.444 e. The Morgan fingerprint density at radius 3 is 2.92 bits per heavy atom. The van der Waals surface area contributed by atoms with Crippen molar-refractivity contribution in [3.8, 4) is 0 Å². The monoisotopic (exact) mass is 391 g/mol. The van der Waals surface area contributed by atoms with Gasteiger partial charge in [0.25, 0.3) is 0 Å². The van der Waals surface area contributed by atoms with Crippen LogP contribution in [0.5, 0.6) is 0 Å². The van der Waals surface area contributed by atoms with Crippen LogP contribution in [0.15, 0.2) is 22.7 Å². The molecule has 128 valence electrons. The quantitative estimate of drug-likeness (QED) is 0.760. The molecular formula is C18H22BrN3O2. The lowest BCUT2D eigenvalue weighted by atomic mass is 9.98. The van der Waals surface area contributed by atoms with Crippen LogP contribution in [0.4, 0.5) is 4.79 Å². The number of benzene rings is 1. The van der Waals surface area contributed by atoms with Crippen LogP contribution in [-0.2, 0) is 4.74 Å². The van der Waals surface area contributed by atoms with E-state index in [1.165, 1.54) is 0 Å². The zero-order chi connectivity index (χ0) is 17.1. The zero-order valence-corrected chi connectivity index (χ0v) is 15.8. The second-order valence-corrected chi connectivity index (χ2v) is 8.76. The average molecular weight is 392 g/mol. The second kappa shape index (κ2) is 5.48. The molecule has 4 rings (SSSR count). The maximum atomic E-state index is 12.8. The van der Waals surface area contributed by atoms with Crippen molar-refractivity contribution in [3.05, 3.63) is 28.5 Å². The molecule has 5 nitrogen and oxygen atoms in total. The second-order valence-electron chi connectivity index (χ2n) is 7.84. The highest BCUT2D eigenvalue weighted by molar-refractivity contribution is 9.10. The van der Waals surface area contributed by atoms with E-state index in [4.69, 9.17) is 9.72 Å². The average Bonchev–Trinajstić information content (AvgIpc) is 3.17. The van der Waals surface area contributed by atoms with E-state index < -0.39 is 5.60 Å². The first kappa shape index (κ1) is 15.9. The highest BCUT2D eigenvalue weighted by atomic mass is 79.9. The van der Waals surface area contributed by atoms with Gasteiger partial charge in [-0.05, 0) is 64.2 Å². The highest BCUT2D eigenvalue weighted by Gasteiger charge is 2.51. The van der Waals surface area contributed by atoms with E-state index in [0.29, 0.717) is 5.92 Å². The molecule has 2 aliphatic rings. The van der Waals surface area contributed by atoms with E-state index in [2.05, 4.69) is 20.9 Å². The minimum absolute atomic E-state index is 0.00947. The van der Waals surface area contributed by atoms with Crippen LogP contribution in [0.2, 0.25) is 0 Å². The minimum Gasteiger partial charge on any atom is -0.444 e. The lowest BCUT2D eigenvalue weighted by Gasteiger charge is -2.35. The minimum atomic E-state index is -0.484. The molecule has 0 radical (unpaired) electrons. The number of H-pyrrole nitrogens is 1. The summed E-state index contributed by atoms with van der Waals surface area (Å²) in [6.45, 7) is 5.73. The van der Waals surface area contributed by atoms with Crippen LogP contribution in [-0.4, -0.2) is 32.6 Å². The molecule has 1 N–H and O–H groups in total. The maximum Gasteiger partial charge on any atom is 0.411 e. The number of fused-ring (bicyclic) bond motifs is 3. The lowest BCUT2D eigenvalue weighted by molar-refractivity contribution is 0.00623. The number of imidazole rings is 1. The number of likely N-dealkylation sites (tertiary alicyclic amines) is 1. The van der Waals surface area contributed by atoms with Gasteiger partial charge in [-0.25, -0.2) is 9.78 Å². The fraction of sp³-hybridized carbons (Fsp3) is 0.556. The number of carbonyl (C=O) groups is 1. The Morgan fingerprint density at radius 1 is 1.38 bits per heavy atom. The molecule has 24 heavy (non-hydrogen) atoms. The van der Waals surface area contributed by atoms with Crippen LogP contribution in [0.3, 0.4) is 0 Å². The smallest absolute Gasteiger partial charge is 0.411 e. The molecule has 1 saturated heterocycles. The van der Waals surface area contributed by atoms with E-state index in [9.17, 15) is 4.79 Å². The molecule has 6 heteroatoms. The van der Waals surface area contributed by atoms with Gasteiger partial charge in [0, 0.05) is 10.5 Å². The SMILES string of the molecule is CC(C)(C)OC(=O)N1[C@H]2CC[C@H](C2)[C@H]1c1nc2ccc(Br)cc2[nH]1. The first-order valence-electron chi connectivity index (χ1n) is 8.48. The van der Waals surface area contributed by atoms with Gasteiger partial charge in [-0.15, -0.1) is 0 Å². The number of halogens is 1. The summed E-state index contributed by atoms with van der Waals surface area (Å²) in [5.74, 6) is 1.34. The molecule has 3 atom stereocenters. The summed E-state index contributed by atoms with van der Waals surface area (Å²) < 4.78 is 6.67. The topological polar surface area (TPSA) is 58.2 Å². The maximum absolute atomic E-state index is 12.8. The van der Waals surface area contributed by atoms with E-state index in [0.717, 1.165) is 40.6 Å². The summed E-state index contributed by atoms with van der Waals surface area (Å²) in [6.07, 6.45) is 3.04. The van der Waals surface area contributed by atoms with Crippen molar-refractivity contribution < 1.29 is 9.53 Å². The van der Waals surface area contributed by atoms with Gasteiger partial charge >= 0.3 is 6.09 Å². The molecule has 2 bridgehead atoms. The summed E-state index contributed by atoms with van der Waals surface area (Å²) in [7, 11) is 0. The third kappa shape index (κ3) is 2.70. The van der Waals surface area contributed by atoms with Crippen molar-refractivity contribution in [2.24, 2.45) is 5.92 Å². The van der Waals surface area contributed by atoms with Gasteiger partial charge in [0.2, 0.25) is 0 Å². The summed E-state index contributed by atoms with van der Waals surface area (Å²) in [5.41, 5.74) is 1.44. The third-order valence-electron chi connectivity index (χ3n) is 4.93. The number of carbonyl (C=O) groups excluding carboxylic acids is 1. The number of nitrogens with one attached hydrogen (secondary N) is 1. The molecule has 1 aromatic carbocycles. The van der Waals surface area contributed by atoms with E-state index in [1.54, 1.807) is 0 Å². The Hall–Kier alpha value is -1.56. The molecule has 0 unspecified atom stereocenters. The van der Waals surface area contributed by atoms with Crippen LogP contribution in [0, 0.1) is 5.92 Å². The van der Waals surface area contributed by atoms with Crippen LogP contribution >= 0.6 is 15.9 Å². The van der Waals surface area contributed by atoms with Crippen molar-refractivity contribution in [1.82, 2.24) is 14.9 Å².